The normalized spacial score (nSPS) is 11.2. The summed E-state index contributed by atoms with van der Waals surface area (Å²) >= 11 is 5.75. The second kappa shape index (κ2) is 10.3. The number of benzene rings is 2. The van der Waals surface area contributed by atoms with Gasteiger partial charge in [-0.05, 0) is 43.3 Å². The van der Waals surface area contributed by atoms with E-state index in [9.17, 15) is 18.8 Å². The molecule has 28 heavy (non-hydrogen) atoms. The van der Waals surface area contributed by atoms with Gasteiger partial charge in [-0.25, -0.2) is 4.39 Å². The third-order valence-corrected chi connectivity index (χ3v) is 3.83. The van der Waals surface area contributed by atoms with Gasteiger partial charge in [-0.3, -0.25) is 25.2 Å². The van der Waals surface area contributed by atoms with Gasteiger partial charge in [0.15, 0.2) is 17.7 Å². The molecule has 0 aliphatic rings. The first-order chi connectivity index (χ1) is 13.4. The number of halogens is 2. The summed E-state index contributed by atoms with van der Waals surface area (Å²) in [4.78, 5) is 35.5. The first kappa shape index (κ1) is 21.2. The van der Waals surface area contributed by atoms with Gasteiger partial charge < -0.3 is 10.1 Å². The Kier molecular flexibility index (Phi) is 7.76. The van der Waals surface area contributed by atoms with Crippen molar-refractivity contribution in [1.82, 2.24) is 16.2 Å². The summed E-state index contributed by atoms with van der Waals surface area (Å²) in [5.41, 5.74) is 4.80. The van der Waals surface area contributed by atoms with Crippen molar-refractivity contribution in [3.05, 3.63) is 64.9 Å². The van der Waals surface area contributed by atoms with Gasteiger partial charge in [-0.2, -0.15) is 0 Å². The van der Waals surface area contributed by atoms with E-state index in [-0.39, 0.29) is 24.6 Å². The molecule has 3 N–H and O–H groups in total. The largest absolute Gasteiger partial charge is 0.478 e. The van der Waals surface area contributed by atoms with Gasteiger partial charge in [0.1, 0.15) is 0 Å². The van der Waals surface area contributed by atoms with Crippen LogP contribution in [-0.2, 0) is 9.59 Å². The number of ether oxygens (including phenoxy) is 1. The minimum atomic E-state index is -1.03. The average molecular weight is 408 g/mol. The van der Waals surface area contributed by atoms with Crippen molar-refractivity contribution in [3.63, 3.8) is 0 Å². The van der Waals surface area contributed by atoms with Crippen molar-refractivity contribution in [2.45, 2.75) is 19.4 Å². The monoisotopic (exact) mass is 407 g/mol. The summed E-state index contributed by atoms with van der Waals surface area (Å²) in [6.07, 6.45) is -1.08. The number of nitrogens with one attached hydrogen (secondary N) is 3. The number of carbonyl (C=O) groups excluding carboxylic acids is 3. The Labute approximate surface area is 166 Å². The van der Waals surface area contributed by atoms with Gasteiger partial charge in [0.25, 0.3) is 11.8 Å². The molecule has 9 heteroatoms. The van der Waals surface area contributed by atoms with Crippen LogP contribution >= 0.6 is 11.6 Å². The Balaban J connectivity index is 1.68. The molecule has 0 aromatic heterocycles. The van der Waals surface area contributed by atoms with E-state index >= 15 is 0 Å². The number of hydrogen-bond donors (Lipinski definition) is 3. The molecule has 7 nitrogen and oxygen atoms in total. The van der Waals surface area contributed by atoms with E-state index in [0.29, 0.717) is 10.6 Å². The lowest BCUT2D eigenvalue weighted by Crippen LogP contribution is -2.47. The second-order valence-electron chi connectivity index (χ2n) is 5.74. The summed E-state index contributed by atoms with van der Waals surface area (Å²) in [5.74, 6) is -2.17. The molecule has 0 bridgehead atoms. The fraction of sp³-hybridized carbons (Fsp3) is 0.211. The molecule has 2 aromatic carbocycles. The molecule has 148 valence electrons. The molecule has 0 heterocycles. The summed E-state index contributed by atoms with van der Waals surface area (Å²) in [5, 5.41) is 3.09. The molecule has 2 rings (SSSR count). The highest BCUT2D eigenvalue weighted by molar-refractivity contribution is 6.30. The highest BCUT2D eigenvalue weighted by Gasteiger charge is 2.17. The zero-order chi connectivity index (χ0) is 20.5. The number of para-hydroxylation sites is 1. The topological polar surface area (TPSA) is 96.5 Å². The van der Waals surface area contributed by atoms with Gasteiger partial charge in [-0.15, -0.1) is 0 Å². The van der Waals surface area contributed by atoms with E-state index < -0.39 is 23.7 Å². The first-order valence-electron chi connectivity index (χ1n) is 8.40. The minimum Gasteiger partial charge on any atom is -0.478 e. The predicted molar refractivity (Wildman–Crippen MR) is 101 cm³/mol. The molecule has 0 saturated heterocycles. The number of carbonyl (C=O) groups is 3. The second-order valence-corrected chi connectivity index (χ2v) is 6.18. The van der Waals surface area contributed by atoms with Crippen molar-refractivity contribution >= 4 is 29.3 Å². The molecule has 3 amide bonds. The summed E-state index contributed by atoms with van der Waals surface area (Å²) in [6, 6.07) is 12.0. The summed E-state index contributed by atoms with van der Waals surface area (Å²) < 4.78 is 18.7. The first-order valence-corrected chi connectivity index (χ1v) is 8.78. The standard InChI is InChI=1S/C19H19ClFN3O4/c1-12(28-16-5-3-2-4-15(16)21)18(26)24-23-17(25)10-11-22-19(27)13-6-8-14(20)9-7-13/h2-9,12H,10-11H2,1H3,(H,22,27)(H,23,25)(H,24,26)/t12-/m1/s1. The molecule has 0 aliphatic heterocycles. The molecule has 1 atom stereocenters. The lowest BCUT2D eigenvalue weighted by Gasteiger charge is -2.15. The van der Waals surface area contributed by atoms with Gasteiger partial charge >= 0.3 is 0 Å². The van der Waals surface area contributed by atoms with Gasteiger partial charge in [0.05, 0.1) is 0 Å². The smallest absolute Gasteiger partial charge is 0.279 e. The lowest BCUT2D eigenvalue weighted by atomic mass is 10.2. The van der Waals surface area contributed by atoms with Crippen LogP contribution in [0.25, 0.3) is 0 Å². The maximum Gasteiger partial charge on any atom is 0.279 e. The Bertz CT molecular complexity index is 845. The van der Waals surface area contributed by atoms with Crippen LogP contribution in [0.2, 0.25) is 5.02 Å². The van der Waals surface area contributed by atoms with Crippen LogP contribution in [0.1, 0.15) is 23.7 Å². The van der Waals surface area contributed by atoms with Crippen molar-refractivity contribution in [1.29, 1.82) is 0 Å². The molecule has 0 radical (unpaired) electrons. The zero-order valence-corrected chi connectivity index (χ0v) is 15.8. The number of hydrazine groups is 1. The van der Waals surface area contributed by atoms with Crippen LogP contribution in [-0.4, -0.2) is 30.4 Å². The summed E-state index contributed by atoms with van der Waals surface area (Å²) in [7, 11) is 0. The van der Waals surface area contributed by atoms with E-state index in [2.05, 4.69) is 16.2 Å². The molecule has 0 aliphatic carbocycles. The third-order valence-electron chi connectivity index (χ3n) is 3.58. The van der Waals surface area contributed by atoms with Gasteiger partial charge in [-0.1, -0.05) is 23.7 Å². The molecule has 0 saturated carbocycles. The quantitative estimate of drug-likeness (QED) is 0.613. The number of amides is 3. The minimum absolute atomic E-state index is 0.0534. The van der Waals surface area contributed by atoms with Crippen LogP contribution in [0.4, 0.5) is 4.39 Å². The molecule has 0 unspecified atom stereocenters. The lowest BCUT2D eigenvalue weighted by molar-refractivity contribution is -0.132. The molecule has 0 spiro atoms. The fourth-order valence-corrected chi connectivity index (χ4v) is 2.20. The van der Waals surface area contributed by atoms with Crippen molar-refractivity contribution in [3.8, 4) is 5.75 Å². The van der Waals surface area contributed by atoms with E-state index in [1.54, 1.807) is 30.3 Å². The van der Waals surface area contributed by atoms with E-state index in [1.165, 1.54) is 25.1 Å². The van der Waals surface area contributed by atoms with Crippen molar-refractivity contribution in [2.75, 3.05) is 6.54 Å². The van der Waals surface area contributed by atoms with E-state index in [1.807, 2.05) is 0 Å². The Morgan fingerprint density at radius 2 is 1.75 bits per heavy atom. The van der Waals surface area contributed by atoms with Gasteiger partial charge in [0.2, 0.25) is 5.91 Å². The van der Waals surface area contributed by atoms with E-state index in [0.717, 1.165) is 0 Å². The third kappa shape index (κ3) is 6.55. The Morgan fingerprint density at radius 3 is 2.43 bits per heavy atom. The maximum atomic E-state index is 13.5. The van der Waals surface area contributed by atoms with Crippen molar-refractivity contribution in [2.24, 2.45) is 0 Å². The molecule has 2 aromatic rings. The summed E-state index contributed by atoms with van der Waals surface area (Å²) in [6.45, 7) is 1.49. The fourth-order valence-electron chi connectivity index (χ4n) is 2.07. The van der Waals surface area contributed by atoms with Crippen LogP contribution in [0.3, 0.4) is 0 Å². The average Bonchev–Trinajstić information content (AvgIpc) is 2.68. The van der Waals surface area contributed by atoms with Crippen LogP contribution in [0.15, 0.2) is 48.5 Å². The predicted octanol–water partition coefficient (Wildman–Crippen LogP) is 2.21. The highest BCUT2D eigenvalue weighted by atomic mass is 35.5. The van der Waals surface area contributed by atoms with Crippen LogP contribution < -0.4 is 20.9 Å². The Hall–Kier alpha value is -3.13. The zero-order valence-electron chi connectivity index (χ0n) is 15.0. The van der Waals surface area contributed by atoms with Crippen LogP contribution in [0, 0.1) is 5.82 Å². The molecule has 0 fully saturated rings. The molecular formula is C19H19ClFN3O4. The van der Waals surface area contributed by atoms with Crippen LogP contribution in [0.5, 0.6) is 5.75 Å². The highest BCUT2D eigenvalue weighted by Crippen LogP contribution is 2.16. The van der Waals surface area contributed by atoms with E-state index in [4.69, 9.17) is 16.3 Å². The Morgan fingerprint density at radius 1 is 1.07 bits per heavy atom. The maximum absolute atomic E-state index is 13.5. The molecular weight excluding hydrogens is 389 g/mol. The SMILES string of the molecule is C[C@@H](Oc1ccccc1F)C(=O)NNC(=O)CCNC(=O)c1ccc(Cl)cc1. The number of hydrogen-bond acceptors (Lipinski definition) is 4. The number of rotatable bonds is 7. The van der Waals surface area contributed by atoms with Gasteiger partial charge in [0, 0.05) is 23.6 Å². The van der Waals surface area contributed by atoms with Crippen molar-refractivity contribution < 1.29 is 23.5 Å².